The van der Waals surface area contributed by atoms with Gasteiger partial charge in [0.25, 0.3) is 8.32 Å². The van der Waals surface area contributed by atoms with Crippen molar-refractivity contribution in [3.05, 3.63) is 60.7 Å². The zero-order valence-electron chi connectivity index (χ0n) is 16.1. The highest BCUT2D eigenvalue weighted by Gasteiger charge is 2.55. The highest BCUT2D eigenvalue weighted by molar-refractivity contribution is 6.99. The summed E-state index contributed by atoms with van der Waals surface area (Å²) in [6.45, 7) is 7.59. The zero-order chi connectivity index (χ0) is 18.4. The number of aliphatic hydroxyl groups excluding tert-OH is 1. The number of fused-ring (bicyclic) bond motifs is 1. The van der Waals surface area contributed by atoms with Crippen molar-refractivity contribution in [3.8, 4) is 0 Å². The third-order valence-corrected chi connectivity index (χ3v) is 11.4. The molecule has 4 rings (SSSR count). The molecule has 2 aromatic rings. The molecule has 0 heterocycles. The molecular formula is C23H30O2Si. The van der Waals surface area contributed by atoms with Gasteiger partial charge in [-0.25, -0.2) is 0 Å². The first-order valence-electron chi connectivity index (χ1n) is 9.86. The van der Waals surface area contributed by atoms with E-state index in [0.29, 0.717) is 18.4 Å². The topological polar surface area (TPSA) is 29.5 Å². The first-order valence-corrected chi connectivity index (χ1v) is 11.8. The molecular weight excluding hydrogens is 336 g/mol. The Balaban J connectivity index is 1.72. The molecule has 1 N–H and O–H groups in total. The fourth-order valence-corrected chi connectivity index (χ4v) is 9.62. The van der Waals surface area contributed by atoms with E-state index in [1.54, 1.807) is 0 Å². The van der Waals surface area contributed by atoms with Gasteiger partial charge in [0.15, 0.2) is 0 Å². The monoisotopic (exact) mass is 366 g/mol. The molecule has 3 heteroatoms. The number of rotatable bonds is 5. The lowest BCUT2D eigenvalue weighted by molar-refractivity contribution is 0.0747. The van der Waals surface area contributed by atoms with Crippen LogP contribution in [0.1, 0.15) is 33.6 Å². The second-order valence-corrected chi connectivity index (χ2v) is 13.4. The van der Waals surface area contributed by atoms with Crippen LogP contribution in [0.5, 0.6) is 0 Å². The number of aliphatic hydroxyl groups is 1. The van der Waals surface area contributed by atoms with E-state index in [0.717, 1.165) is 12.3 Å². The Morgan fingerprint density at radius 2 is 1.46 bits per heavy atom. The summed E-state index contributed by atoms with van der Waals surface area (Å²) in [5.41, 5.74) is 0. The molecule has 2 saturated carbocycles. The number of hydrogen-bond donors (Lipinski definition) is 1. The molecule has 2 nitrogen and oxygen atoms in total. The molecule has 0 saturated heterocycles. The largest absolute Gasteiger partial charge is 0.407 e. The molecule has 4 atom stereocenters. The van der Waals surface area contributed by atoms with Crippen LogP contribution in [0.3, 0.4) is 0 Å². The third kappa shape index (κ3) is 2.96. The Kier molecular flexibility index (Phi) is 4.58. The van der Waals surface area contributed by atoms with Crippen LogP contribution >= 0.6 is 0 Å². The van der Waals surface area contributed by atoms with E-state index in [1.165, 1.54) is 16.8 Å². The Labute approximate surface area is 158 Å². The summed E-state index contributed by atoms with van der Waals surface area (Å²) in [6.07, 6.45) is 2.18. The van der Waals surface area contributed by atoms with Gasteiger partial charge in [-0.2, -0.15) is 0 Å². The van der Waals surface area contributed by atoms with Crippen LogP contribution in [0.15, 0.2) is 60.7 Å². The van der Waals surface area contributed by atoms with E-state index in [-0.39, 0.29) is 11.1 Å². The first kappa shape index (κ1) is 18.0. The normalized spacial score (nSPS) is 28.0. The van der Waals surface area contributed by atoms with E-state index in [9.17, 15) is 5.11 Å². The van der Waals surface area contributed by atoms with Crippen molar-refractivity contribution in [2.75, 3.05) is 6.61 Å². The molecule has 0 bridgehead atoms. The van der Waals surface area contributed by atoms with Crippen LogP contribution in [0.2, 0.25) is 5.04 Å². The second-order valence-electron chi connectivity index (χ2n) is 9.12. The smallest absolute Gasteiger partial charge is 0.261 e. The van der Waals surface area contributed by atoms with Gasteiger partial charge in [0, 0.05) is 12.5 Å². The lowest BCUT2D eigenvalue weighted by Gasteiger charge is -2.43. The Hall–Kier alpha value is -1.42. The van der Waals surface area contributed by atoms with Crippen LogP contribution in [-0.2, 0) is 4.43 Å². The fourth-order valence-electron chi connectivity index (χ4n) is 5.00. The van der Waals surface area contributed by atoms with Crippen LogP contribution in [0.4, 0.5) is 0 Å². The van der Waals surface area contributed by atoms with E-state index in [4.69, 9.17) is 4.43 Å². The maximum absolute atomic E-state index is 10.6. The summed E-state index contributed by atoms with van der Waals surface area (Å²) in [5.74, 6) is 1.58. The fraction of sp³-hybridized carbons (Fsp3) is 0.478. The molecule has 26 heavy (non-hydrogen) atoms. The number of benzene rings is 2. The van der Waals surface area contributed by atoms with E-state index >= 15 is 0 Å². The quantitative estimate of drug-likeness (QED) is 0.820. The second kappa shape index (κ2) is 6.63. The highest BCUT2D eigenvalue weighted by atomic mass is 28.4. The third-order valence-electron chi connectivity index (χ3n) is 6.44. The minimum Gasteiger partial charge on any atom is -0.407 e. The molecule has 2 aliphatic carbocycles. The maximum Gasteiger partial charge on any atom is 0.261 e. The Morgan fingerprint density at radius 3 is 1.88 bits per heavy atom. The zero-order valence-corrected chi connectivity index (χ0v) is 17.1. The molecule has 0 spiro atoms. The van der Waals surface area contributed by atoms with E-state index in [2.05, 4.69) is 81.4 Å². The standard InChI is InChI=1S/C23H30O2Si/c1-23(2,3)26(19-10-6-4-7-11-19,20-12-8-5-9-13-20)25-16-18-14-17-15-21(17)22(18)24/h4-13,17-18,21-22,24H,14-16H2,1-3H3/t17-,18+,21+,22-/m0/s1. The summed E-state index contributed by atoms with van der Waals surface area (Å²) in [5, 5.41) is 13.2. The van der Waals surface area contributed by atoms with Crippen LogP contribution in [0, 0.1) is 17.8 Å². The van der Waals surface area contributed by atoms with E-state index in [1.807, 2.05) is 0 Å². The highest BCUT2D eigenvalue weighted by Crippen LogP contribution is 2.54. The van der Waals surface area contributed by atoms with Crippen molar-refractivity contribution in [2.45, 2.75) is 44.8 Å². The van der Waals surface area contributed by atoms with Crippen molar-refractivity contribution in [1.29, 1.82) is 0 Å². The predicted molar refractivity (Wildman–Crippen MR) is 109 cm³/mol. The summed E-state index contributed by atoms with van der Waals surface area (Å²) >= 11 is 0. The van der Waals surface area contributed by atoms with Crippen LogP contribution < -0.4 is 10.4 Å². The minimum atomic E-state index is -2.46. The van der Waals surface area contributed by atoms with Crippen molar-refractivity contribution in [1.82, 2.24) is 0 Å². The first-order chi connectivity index (χ1) is 12.4. The molecule has 138 valence electrons. The SMILES string of the molecule is CC(C)(C)[Si](OC[C@H]1C[C@H]2C[C@H]2[C@H]1O)(c1ccccc1)c1ccccc1. The maximum atomic E-state index is 10.6. The Bertz CT molecular complexity index is 698. The lowest BCUT2D eigenvalue weighted by atomic mass is 10.0. The van der Waals surface area contributed by atoms with E-state index < -0.39 is 8.32 Å². The molecule has 0 aromatic heterocycles. The molecule has 0 radical (unpaired) electrons. The number of hydrogen-bond acceptors (Lipinski definition) is 2. The van der Waals surface area contributed by atoms with Gasteiger partial charge < -0.3 is 9.53 Å². The van der Waals surface area contributed by atoms with Gasteiger partial charge in [-0.3, -0.25) is 0 Å². The van der Waals surface area contributed by atoms with Crippen molar-refractivity contribution < 1.29 is 9.53 Å². The summed E-state index contributed by atoms with van der Waals surface area (Å²) < 4.78 is 6.97. The van der Waals surface area contributed by atoms with Gasteiger partial charge in [-0.15, -0.1) is 0 Å². The van der Waals surface area contributed by atoms with Crippen LogP contribution in [0.25, 0.3) is 0 Å². The molecule has 2 aromatic carbocycles. The van der Waals surface area contributed by atoms with Gasteiger partial charge >= 0.3 is 0 Å². The van der Waals surface area contributed by atoms with Crippen molar-refractivity contribution in [2.24, 2.45) is 17.8 Å². The van der Waals surface area contributed by atoms with Gasteiger partial charge in [0.1, 0.15) is 0 Å². The van der Waals surface area contributed by atoms with Gasteiger partial charge in [-0.05, 0) is 40.1 Å². The molecule has 2 aliphatic rings. The summed E-state index contributed by atoms with van der Waals surface area (Å²) in [7, 11) is -2.46. The van der Waals surface area contributed by atoms with Crippen LogP contribution in [-0.4, -0.2) is 26.1 Å². The summed E-state index contributed by atoms with van der Waals surface area (Å²) in [4.78, 5) is 0. The predicted octanol–water partition coefficient (Wildman–Crippen LogP) is 3.58. The van der Waals surface area contributed by atoms with Crippen molar-refractivity contribution in [3.63, 3.8) is 0 Å². The average molecular weight is 367 g/mol. The van der Waals surface area contributed by atoms with Gasteiger partial charge in [0.05, 0.1) is 6.10 Å². The summed E-state index contributed by atoms with van der Waals surface area (Å²) in [6, 6.07) is 21.5. The molecule has 0 amide bonds. The molecule has 0 aliphatic heterocycles. The van der Waals surface area contributed by atoms with Crippen molar-refractivity contribution >= 4 is 18.7 Å². The van der Waals surface area contributed by atoms with Gasteiger partial charge in [0.2, 0.25) is 0 Å². The lowest BCUT2D eigenvalue weighted by Crippen LogP contribution is -2.67. The minimum absolute atomic E-state index is 0.00217. The molecule has 2 fully saturated rings. The van der Waals surface area contributed by atoms with Gasteiger partial charge in [-0.1, -0.05) is 81.4 Å². The molecule has 0 unspecified atom stereocenters. The Morgan fingerprint density at radius 1 is 0.923 bits per heavy atom. The average Bonchev–Trinajstić information content (AvgIpc) is 3.34.